The summed E-state index contributed by atoms with van der Waals surface area (Å²) in [5.41, 5.74) is 3.88. The van der Waals surface area contributed by atoms with Crippen molar-refractivity contribution in [2.24, 2.45) is 5.73 Å². The molecule has 0 heterocycles. The number of sulfonamides is 1. The summed E-state index contributed by atoms with van der Waals surface area (Å²) in [7, 11) is -4.08. The van der Waals surface area contributed by atoms with E-state index in [2.05, 4.69) is 10.0 Å². The Morgan fingerprint density at radius 2 is 1.85 bits per heavy atom. The van der Waals surface area contributed by atoms with Gasteiger partial charge in [-0.3, -0.25) is 4.79 Å². The first-order chi connectivity index (χ1) is 11.4. The van der Waals surface area contributed by atoms with Crippen molar-refractivity contribution in [3.8, 4) is 0 Å². The van der Waals surface area contributed by atoms with Crippen LogP contribution in [0.4, 0.5) is 13.2 Å². The van der Waals surface area contributed by atoms with E-state index >= 15 is 0 Å². The van der Waals surface area contributed by atoms with E-state index in [1.807, 2.05) is 0 Å². The van der Waals surface area contributed by atoms with Gasteiger partial charge in [-0.25, -0.2) is 13.1 Å². The lowest BCUT2D eigenvalue weighted by atomic mass is 10.1. The Labute approximate surface area is 157 Å². The highest BCUT2D eigenvalue weighted by atomic mass is 35.5. The fourth-order valence-electron chi connectivity index (χ4n) is 1.87. The Kier molecular flexibility index (Phi) is 9.04. The van der Waals surface area contributed by atoms with E-state index in [9.17, 15) is 26.4 Å². The van der Waals surface area contributed by atoms with E-state index < -0.39 is 32.2 Å². The maximum Gasteiger partial charge on any atom is 0.416 e. The molecule has 0 saturated heterocycles. The zero-order chi connectivity index (χ0) is 19.3. The zero-order valence-electron chi connectivity index (χ0n) is 14.4. The molecule has 0 unspecified atom stereocenters. The highest BCUT2D eigenvalue weighted by molar-refractivity contribution is 7.89. The third-order valence-corrected chi connectivity index (χ3v) is 4.79. The SMILES string of the molecule is CC(C)(CN)NC(=O)CCCNS(=O)(=O)c1cccc(C(F)(F)F)c1.Cl. The summed E-state index contributed by atoms with van der Waals surface area (Å²) >= 11 is 0. The van der Waals surface area contributed by atoms with Crippen LogP contribution in [0, 0.1) is 0 Å². The second-order valence-corrected chi connectivity index (χ2v) is 7.93. The van der Waals surface area contributed by atoms with Crippen molar-refractivity contribution < 1.29 is 26.4 Å². The normalized spacial score (nSPS) is 12.4. The van der Waals surface area contributed by atoms with E-state index in [0.717, 1.165) is 18.2 Å². The number of hydrogen-bond donors (Lipinski definition) is 3. The van der Waals surface area contributed by atoms with Crippen molar-refractivity contribution in [2.45, 2.75) is 43.3 Å². The largest absolute Gasteiger partial charge is 0.416 e. The first kappa shape index (κ1) is 24.6. The van der Waals surface area contributed by atoms with E-state index in [0.29, 0.717) is 6.07 Å². The summed E-state index contributed by atoms with van der Waals surface area (Å²) in [6, 6.07) is 3.47. The Morgan fingerprint density at radius 3 is 2.38 bits per heavy atom. The number of hydrogen-bond acceptors (Lipinski definition) is 4. The van der Waals surface area contributed by atoms with Crippen molar-refractivity contribution in [1.29, 1.82) is 0 Å². The first-order valence-electron chi connectivity index (χ1n) is 7.55. The molecule has 0 saturated carbocycles. The fraction of sp³-hybridized carbons (Fsp3) is 0.533. The highest BCUT2D eigenvalue weighted by Crippen LogP contribution is 2.30. The number of carbonyl (C=O) groups is 1. The summed E-state index contributed by atoms with van der Waals surface area (Å²) in [6.45, 7) is 3.68. The van der Waals surface area contributed by atoms with Gasteiger partial charge in [-0.2, -0.15) is 13.2 Å². The summed E-state index contributed by atoms with van der Waals surface area (Å²) in [6.07, 6.45) is -4.36. The lowest BCUT2D eigenvalue weighted by molar-refractivity contribution is -0.137. The monoisotopic (exact) mass is 417 g/mol. The molecule has 1 amide bonds. The minimum atomic E-state index is -4.63. The Balaban J connectivity index is 0.00000625. The number of nitrogens with two attached hydrogens (primary N) is 1. The smallest absolute Gasteiger partial charge is 0.350 e. The van der Waals surface area contributed by atoms with Crippen molar-refractivity contribution in [3.05, 3.63) is 29.8 Å². The average molecular weight is 418 g/mol. The van der Waals surface area contributed by atoms with Gasteiger partial charge in [0.15, 0.2) is 0 Å². The van der Waals surface area contributed by atoms with Gasteiger partial charge in [0.1, 0.15) is 0 Å². The number of alkyl halides is 3. The van der Waals surface area contributed by atoms with Crippen molar-refractivity contribution in [2.75, 3.05) is 13.1 Å². The van der Waals surface area contributed by atoms with Crippen LogP contribution in [0.2, 0.25) is 0 Å². The van der Waals surface area contributed by atoms with Crippen LogP contribution < -0.4 is 15.8 Å². The predicted octanol–water partition coefficient (Wildman–Crippen LogP) is 2.04. The molecule has 0 fully saturated rings. The molecule has 0 bridgehead atoms. The van der Waals surface area contributed by atoms with E-state index in [1.54, 1.807) is 13.8 Å². The highest BCUT2D eigenvalue weighted by Gasteiger charge is 2.31. The number of nitrogens with one attached hydrogen (secondary N) is 2. The second-order valence-electron chi connectivity index (χ2n) is 6.16. The molecule has 1 rings (SSSR count). The predicted molar refractivity (Wildman–Crippen MR) is 94.4 cm³/mol. The first-order valence-corrected chi connectivity index (χ1v) is 9.04. The number of benzene rings is 1. The molecule has 26 heavy (non-hydrogen) atoms. The van der Waals surface area contributed by atoms with Gasteiger partial charge in [-0.1, -0.05) is 6.07 Å². The number of amides is 1. The van der Waals surface area contributed by atoms with Gasteiger partial charge in [0.05, 0.1) is 10.5 Å². The molecule has 11 heteroatoms. The number of halogens is 4. The Hall–Kier alpha value is -1.36. The second kappa shape index (κ2) is 9.54. The van der Waals surface area contributed by atoms with Gasteiger partial charge in [0.2, 0.25) is 15.9 Å². The van der Waals surface area contributed by atoms with Gasteiger partial charge in [0.25, 0.3) is 0 Å². The minimum absolute atomic E-state index is 0. The zero-order valence-corrected chi connectivity index (χ0v) is 16.0. The van der Waals surface area contributed by atoms with Crippen molar-refractivity contribution >= 4 is 28.3 Å². The van der Waals surface area contributed by atoms with Gasteiger partial charge in [-0.05, 0) is 38.5 Å². The molecule has 6 nitrogen and oxygen atoms in total. The van der Waals surface area contributed by atoms with E-state index in [-0.39, 0.29) is 44.2 Å². The van der Waals surface area contributed by atoms with Crippen LogP contribution in [0.5, 0.6) is 0 Å². The standard InChI is InChI=1S/C15H22F3N3O3S.ClH/c1-14(2,10-19)21-13(22)7-4-8-20-25(23,24)12-6-3-5-11(9-12)15(16,17)18;/h3,5-6,9,20H,4,7-8,10,19H2,1-2H3,(H,21,22);1H. The van der Waals surface area contributed by atoms with Crippen LogP contribution in [-0.2, 0) is 21.0 Å². The summed E-state index contributed by atoms with van der Waals surface area (Å²) in [5.74, 6) is -0.284. The topological polar surface area (TPSA) is 101 Å². The molecule has 0 aromatic heterocycles. The van der Waals surface area contributed by atoms with Crippen molar-refractivity contribution in [3.63, 3.8) is 0 Å². The summed E-state index contributed by atoms with van der Waals surface area (Å²) < 4.78 is 64.2. The van der Waals surface area contributed by atoms with Crippen LogP contribution in [0.25, 0.3) is 0 Å². The molecular weight excluding hydrogens is 395 g/mol. The Bertz CT molecular complexity index is 710. The molecule has 0 spiro atoms. The molecule has 0 aliphatic heterocycles. The minimum Gasteiger partial charge on any atom is -0.350 e. The van der Waals surface area contributed by atoms with Crippen LogP contribution in [0.3, 0.4) is 0 Å². The van der Waals surface area contributed by atoms with Crippen LogP contribution in [0.1, 0.15) is 32.3 Å². The third-order valence-electron chi connectivity index (χ3n) is 3.33. The van der Waals surface area contributed by atoms with Crippen LogP contribution in [0.15, 0.2) is 29.2 Å². The lowest BCUT2D eigenvalue weighted by Crippen LogP contribution is -2.48. The molecule has 0 aliphatic rings. The molecule has 0 atom stereocenters. The maximum atomic E-state index is 12.6. The van der Waals surface area contributed by atoms with Gasteiger partial charge >= 0.3 is 6.18 Å². The Morgan fingerprint density at radius 1 is 1.23 bits per heavy atom. The summed E-state index contributed by atoms with van der Waals surface area (Å²) in [4.78, 5) is 11.2. The van der Waals surface area contributed by atoms with Crippen LogP contribution >= 0.6 is 12.4 Å². The number of rotatable bonds is 8. The quantitative estimate of drug-likeness (QED) is 0.563. The lowest BCUT2D eigenvalue weighted by Gasteiger charge is -2.24. The molecule has 0 aliphatic carbocycles. The van der Waals surface area contributed by atoms with Gasteiger partial charge in [0, 0.05) is 25.0 Å². The van der Waals surface area contributed by atoms with E-state index in [1.165, 1.54) is 0 Å². The molecule has 0 radical (unpaired) electrons. The molecule has 150 valence electrons. The molecule has 4 N–H and O–H groups in total. The average Bonchev–Trinajstić information content (AvgIpc) is 2.50. The summed E-state index contributed by atoms with van der Waals surface area (Å²) in [5, 5.41) is 2.69. The van der Waals surface area contributed by atoms with Gasteiger partial charge < -0.3 is 11.1 Å². The van der Waals surface area contributed by atoms with Gasteiger partial charge in [-0.15, -0.1) is 12.4 Å². The van der Waals surface area contributed by atoms with Crippen molar-refractivity contribution in [1.82, 2.24) is 10.0 Å². The van der Waals surface area contributed by atoms with Crippen LogP contribution in [-0.4, -0.2) is 33.0 Å². The third kappa shape index (κ3) is 7.90. The maximum absolute atomic E-state index is 12.6. The van der Waals surface area contributed by atoms with E-state index in [4.69, 9.17) is 5.73 Å². The fourth-order valence-corrected chi connectivity index (χ4v) is 2.99. The molecular formula is C15H23ClF3N3O3S. The molecule has 1 aromatic rings. The number of carbonyl (C=O) groups excluding carboxylic acids is 1. The molecule has 1 aromatic carbocycles.